The van der Waals surface area contributed by atoms with Gasteiger partial charge in [0.15, 0.2) is 4.90 Å². The summed E-state index contributed by atoms with van der Waals surface area (Å²) in [5.41, 5.74) is 5.68. The molecule has 0 fully saturated rings. The fraction of sp³-hybridized carbons (Fsp3) is 0.286. The minimum absolute atomic E-state index is 0. The van der Waals surface area contributed by atoms with Gasteiger partial charge in [0.25, 0.3) is 5.56 Å². The number of hydrogen-bond acceptors (Lipinski definition) is 5. The first kappa shape index (κ1) is 19.9. The quantitative estimate of drug-likeness (QED) is 0.691. The van der Waals surface area contributed by atoms with Crippen LogP contribution in [0.1, 0.15) is 5.56 Å². The molecule has 0 spiro atoms. The Morgan fingerprint density at radius 3 is 2.29 bits per heavy atom. The molecular weight excluding hydrogens is 356 g/mol. The number of benzene rings is 1. The molecule has 0 radical (unpaired) electrons. The van der Waals surface area contributed by atoms with Crippen LogP contribution in [0.3, 0.4) is 0 Å². The van der Waals surface area contributed by atoms with Gasteiger partial charge in [0.1, 0.15) is 0 Å². The van der Waals surface area contributed by atoms with Crippen molar-refractivity contribution in [1.82, 2.24) is 13.9 Å². The van der Waals surface area contributed by atoms with Gasteiger partial charge in [-0.1, -0.05) is 12.1 Å². The third kappa shape index (κ3) is 4.25. The van der Waals surface area contributed by atoms with Gasteiger partial charge in [-0.05, 0) is 24.1 Å². The third-order valence-electron chi connectivity index (χ3n) is 3.39. The number of rotatable bonds is 5. The monoisotopic (exact) mass is 374 g/mol. The van der Waals surface area contributed by atoms with Crippen LogP contribution >= 0.6 is 12.4 Å². The molecule has 0 saturated carbocycles. The number of anilines is 1. The number of aromatic nitrogens is 2. The zero-order chi connectivity index (χ0) is 17.2. The second kappa shape index (κ2) is 7.65. The first-order chi connectivity index (χ1) is 10.7. The molecule has 2 rings (SSSR count). The summed E-state index contributed by atoms with van der Waals surface area (Å²) >= 11 is 0. The predicted molar refractivity (Wildman–Crippen MR) is 93.9 cm³/mol. The molecule has 24 heavy (non-hydrogen) atoms. The van der Waals surface area contributed by atoms with Gasteiger partial charge in [-0.2, -0.15) is 0 Å². The molecule has 0 aliphatic heterocycles. The van der Waals surface area contributed by atoms with Crippen LogP contribution in [0.5, 0.6) is 0 Å². The van der Waals surface area contributed by atoms with Crippen LogP contribution < -0.4 is 21.7 Å². The third-order valence-corrected chi connectivity index (χ3v) is 4.83. The van der Waals surface area contributed by atoms with Crippen LogP contribution in [0, 0.1) is 0 Å². The van der Waals surface area contributed by atoms with Gasteiger partial charge in [-0.25, -0.2) is 17.9 Å². The molecule has 132 valence electrons. The molecular formula is C14H19ClN4O4S. The van der Waals surface area contributed by atoms with E-state index in [2.05, 4.69) is 4.72 Å². The molecule has 0 atom stereocenters. The molecule has 3 N–H and O–H groups in total. The molecule has 0 bridgehead atoms. The Hall–Kier alpha value is -2.10. The average molecular weight is 375 g/mol. The molecule has 0 aliphatic carbocycles. The zero-order valence-corrected chi connectivity index (χ0v) is 14.9. The molecule has 1 aromatic carbocycles. The molecule has 0 saturated heterocycles. The first-order valence-electron chi connectivity index (χ1n) is 6.83. The highest BCUT2D eigenvalue weighted by Crippen LogP contribution is 2.06. The normalized spacial score (nSPS) is 11.1. The van der Waals surface area contributed by atoms with Crippen LogP contribution in [-0.4, -0.2) is 24.1 Å². The molecule has 1 aromatic heterocycles. The van der Waals surface area contributed by atoms with Crippen molar-refractivity contribution in [3.8, 4) is 0 Å². The van der Waals surface area contributed by atoms with Crippen LogP contribution in [0.2, 0.25) is 0 Å². The van der Waals surface area contributed by atoms with E-state index >= 15 is 0 Å². The number of nitrogens with zero attached hydrogens (tertiary/aromatic N) is 2. The lowest BCUT2D eigenvalue weighted by Gasteiger charge is -2.09. The Morgan fingerprint density at radius 2 is 1.71 bits per heavy atom. The Labute approximate surface area is 145 Å². The average Bonchev–Trinajstić information content (AvgIpc) is 2.50. The van der Waals surface area contributed by atoms with E-state index in [-0.39, 0.29) is 19.0 Å². The second-order valence-electron chi connectivity index (χ2n) is 5.14. The maximum atomic E-state index is 12.3. The van der Waals surface area contributed by atoms with Crippen LogP contribution in [-0.2, 0) is 30.5 Å². The maximum Gasteiger partial charge on any atom is 0.330 e. The van der Waals surface area contributed by atoms with Gasteiger partial charge in [0.2, 0.25) is 10.0 Å². The summed E-state index contributed by atoms with van der Waals surface area (Å²) in [6, 6.07) is 7.06. The fourth-order valence-electron chi connectivity index (χ4n) is 2.05. The van der Waals surface area contributed by atoms with Crippen molar-refractivity contribution in [3.63, 3.8) is 0 Å². The van der Waals surface area contributed by atoms with Crippen molar-refractivity contribution >= 4 is 28.1 Å². The SMILES string of the molecule is Cl.Cn1cc(S(=O)(=O)NCCc2ccc(N)cc2)c(=O)n(C)c1=O. The van der Waals surface area contributed by atoms with E-state index in [0.29, 0.717) is 12.1 Å². The highest BCUT2D eigenvalue weighted by molar-refractivity contribution is 7.89. The first-order valence-corrected chi connectivity index (χ1v) is 8.31. The van der Waals surface area contributed by atoms with Crippen molar-refractivity contribution in [2.24, 2.45) is 14.1 Å². The van der Waals surface area contributed by atoms with Crippen molar-refractivity contribution in [1.29, 1.82) is 0 Å². The van der Waals surface area contributed by atoms with Gasteiger partial charge >= 0.3 is 5.69 Å². The number of sulfonamides is 1. The van der Waals surface area contributed by atoms with E-state index in [1.807, 2.05) is 0 Å². The molecule has 10 heteroatoms. The molecule has 8 nitrogen and oxygen atoms in total. The molecule has 0 amide bonds. The lowest BCUT2D eigenvalue weighted by Crippen LogP contribution is -2.41. The Kier molecular flexibility index (Phi) is 6.35. The Morgan fingerprint density at radius 1 is 1.12 bits per heavy atom. The van der Waals surface area contributed by atoms with Crippen LogP contribution in [0.4, 0.5) is 5.69 Å². The predicted octanol–water partition coefficient (Wildman–Crippen LogP) is -0.391. The lowest BCUT2D eigenvalue weighted by molar-refractivity contribution is 0.571. The minimum Gasteiger partial charge on any atom is -0.399 e. The summed E-state index contributed by atoms with van der Waals surface area (Å²) in [5, 5.41) is 0. The number of nitrogens with one attached hydrogen (secondary N) is 1. The number of hydrogen-bond donors (Lipinski definition) is 2. The van der Waals surface area contributed by atoms with Crippen LogP contribution in [0.25, 0.3) is 0 Å². The van der Waals surface area contributed by atoms with Gasteiger partial charge in [0, 0.05) is 32.5 Å². The summed E-state index contributed by atoms with van der Waals surface area (Å²) in [7, 11) is -1.38. The van der Waals surface area contributed by atoms with Gasteiger partial charge < -0.3 is 10.3 Å². The summed E-state index contributed by atoms with van der Waals surface area (Å²) in [6.07, 6.45) is 1.47. The smallest absolute Gasteiger partial charge is 0.330 e. The van der Waals surface area contributed by atoms with Crippen molar-refractivity contribution in [2.45, 2.75) is 11.3 Å². The molecule has 2 aromatic rings. The van der Waals surface area contributed by atoms with E-state index < -0.39 is 26.2 Å². The number of aryl methyl sites for hydroxylation is 1. The van der Waals surface area contributed by atoms with Gasteiger partial charge in [-0.3, -0.25) is 9.36 Å². The highest BCUT2D eigenvalue weighted by Gasteiger charge is 2.20. The topological polar surface area (TPSA) is 116 Å². The van der Waals surface area contributed by atoms with Crippen molar-refractivity contribution in [3.05, 3.63) is 56.9 Å². The Balaban J connectivity index is 0.00000288. The molecule has 0 aliphatic rings. The largest absolute Gasteiger partial charge is 0.399 e. The molecule has 0 unspecified atom stereocenters. The lowest BCUT2D eigenvalue weighted by atomic mass is 10.1. The number of halogens is 1. The maximum absolute atomic E-state index is 12.3. The van der Waals surface area contributed by atoms with Crippen molar-refractivity contribution < 1.29 is 8.42 Å². The number of nitrogen functional groups attached to an aromatic ring is 1. The summed E-state index contributed by atoms with van der Waals surface area (Å²) < 4.78 is 28.7. The van der Waals surface area contributed by atoms with E-state index in [1.54, 1.807) is 24.3 Å². The van der Waals surface area contributed by atoms with E-state index in [4.69, 9.17) is 5.73 Å². The van der Waals surface area contributed by atoms with Gasteiger partial charge in [0.05, 0.1) is 0 Å². The zero-order valence-electron chi connectivity index (χ0n) is 13.2. The summed E-state index contributed by atoms with van der Waals surface area (Å²) in [5.74, 6) is 0. The fourth-order valence-corrected chi connectivity index (χ4v) is 3.24. The van der Waals surface area contributed by atoms with Gasteiger partial charge in [-0.15, -0.1) is 12.4 Å². The van der Waals surface area contributed by atoms with E-state index in [9.17, 15) is 18.0 Å². The second-order valence-corrected chi connectivity index (χ2v) is 6.88. The summed E-state index contributed by atoms with van der Waals surface area (Å²) in [6.45, 7) is 0.123. The Bertz CT molecular complexity index is 933. The highest BCUT2D eigenvalue weighted by atomic mass is 35.5. The van der Waals surface area contributed by atoms with Crippen molar-refractivity contribution in [2.75, 3.05) is 12.3 Å². The van der Waals surface area contributed by atoms with Crippen LogP contribution in [0.15, 0.2) is 44.9 Å². The number of nitrogens with two attached hydrogens (primary N) is 1. The van der Waals surface area contributed by atoms with E-state index in [0.717, 1.165) is 20.9 Å². The molecule has 1 heterocycles. The summed E-state index contributed by atoms with van der Waals surface area (Å²) in [4.78, 5) is 23.1. The van der Waals surface area contributed by atoms with E-state index in [1.165, 1.54) is 14.1 Å². The minimum atomic E-state index is -4.00. The standard InChI is InChI=1S/C14H18N4O4S.ClH/c1-17-9-12(13(19)18(2)14(17)20)23(21,22)16-8-7-10-3-5-11(15)6-4-10;/h3-6,9,16H,7-8,15H2,1-2H3;1H.